The first-order valence-corrected chi connectivity index (χ1v) is 13.4. The first kappa shape index (κ1) is 17.7. The van der Waals surface area contributed by atoms with Crippen molar-refractivity contribution in [1.29, 1.82) is 0 Å². The summed E-state index contributed by atoms with van der Waals surface area (Å²) >= 11 is 5.98. The summed E-state index contributed by atoms with van der Waals surface area (Å²) in [5.74, 6) is 0. The molecule has 0 saturated carbocycles. The van der Waals surface area contributed by atoms with Crippen molar-refractivity contribution in [2.24, 2.45) is 0 Å². The molecule has 24 heavy (non-hydrogen) atoms. The molecule has 1 aliphatic rings. The number of sulfonamides is 1. The van der Waals surface area contributed by atoms with Crippen LogP contribution in [0.25, 0.3) is 0 Å². The van der Waals surface area contributed by atoms with Crippen molar-refractivity contribution in [2.75, 3.05) is 0 Å². The molecular formula is C18H22ClNO2SSi. The molecule has 0 bridgehead atoms. The van der Waals surface area contributed by atoms with Crippen LogP contribution in [0.1, 0.15) is 17.2 Å². The van der Waals surface area contributed by atoms with Gasteiger partial charge < -0.3 is 0 Å². The van der Waals surface area contributed by atoms with Gasteiger partial charge in [0.1, 0.15) is 0 Å². The number of hydrogen-bond acceptors (Lipinski definition) is 2. The molecule has 6 heteroatoms. The lowest BCUT2D eigenvalue weighted by Gasteiger charge is -2.15. The molecule has 3 rings (SSSR count). The van der Waals surface area contributed by atoms with E-state index < -0.39 is 18.1 Å². The van der Waals surface area contributed by atoms with Gasteiger partial charge in [-0.3, -0.25) is 0 Å². The van der Waals surface area contributed by atoms with E-state index in [0.29, 0.717) is 9.92 Å². The highest BCUT2D eigenvalue weighted by Crippen LogP contribution is 2.51. The number of benzene rings is 2. The molecule has 0 spiro atoms. The third kappa shape index (κ3) is 3.18. The van der Waals surface area contributed by atoms with Crippen LogP contribution in [-0.2, 0) is 10.0 Å². The average molecular weight is 380 g/mol. The summed E-state index contributed by atoms with van der Waals surface area (Å²) in [5, 5.41) is 0.664. The van der Waals surface area contributed by atoms with Gasteiger partial charge in [-0.1, -0.05) is 61.1 Å². The summed E-state index contributed by atoms with van der Waals surface area (Å²) in [6.07, 6.45) is 0. The Bertz CT molecular complexity index is 842. The Balaban J connectivity index is 2.01. The van der Waals surface area contributed by atoms with Crippen LogP contribution in [0.4, 0.5) is 0 Å². The van der Waals surface area contributed by atoms with Gasteiger partial charge in [-0.2, -0.15) is 4.31 Å². The fraction of sp³-hybridized carbons (Fsp3) is 0.333. The van der Waals surface area contributed by atoms with E-state index in [-0.39, 0.29) is 11.7 Å². The molecule has 1 saturated heterocycles. The van der Waals surface area contributed by atoms with Crippen LogP contribution in [-0.4, -0.2) is 26.5 Å². The van der Waals surface area contributed by atoms with Crippen molar-refractivity contribution in [1.82, 2.24) is 4.31 Å². The number of aryl methyl sites for hydroxylation is 1. The fourth-order valence-electron chi connectivity index (χ4n) is 3.19. The maximum atomic E-state index is 13.1. The molecule has 3 atom stereocenters. The van der Waals surface area contributed by atoms with Crippen LogP contribution in [0.5, 0.6) is 0 Å². The topological polar surface area (TPSA) is 37.1 Å². The number of halogens is 1. The van der Waals surface area contributed by atoms with Crippen molar-refractivity contribution >= 4 is 29.7 Å². The Morgan fingerprint density at radius 3 is 2.00 bits per heavy atom. The van der Waals surface area contributed by atoms with Gasteiger partial charge in [-0.15, -0.1) is 0 Å². The van der Waals surface area contributed by atoms with E-state index in [1.165, 1.54) is 0 Å². The molecule has 1 fully saturated rings. The molecule has 1 unspecified atom stereocenters. The molecule has 1 aliphatic heterocycles. The highest BCUT2D eigenvalue weighted by molar-refractivity contribution is 7.89. The summed E-state index contributed by atoms with van der Waals surface area (Å²) in [6, 6.07) is 14.5. The number of rotatable bonds is 4. The van der Waals surface area contributed by atoms with Crippen molar-refractivity contribution < 1.29 is 8.42 Å². The van der Waals surface area contributed by atoms with Crippen molar-refractivity contribution in [2.45, 2.75) is 43.2 Å². The summed E-state index contributed by atoms with van der Waals surface area (Å²) in [5.41, 5.74) is 2.14. The Hall–Kier alpha value is -1.14. The Morgan fingerprint density at radius 2 is 1.50 bits per heavy atom. The standard InChI is InChI=1S/C18H22ClNO2SSi/c1-13-5-11-16(12-6-13)23(21,22)20-17(18(20)24(2,3)4)14-7-9-15(19)10-8-14/h5-12,17-18H,1-4H3/t17-,18+,20?/m0/s1. The van der Waals surface area contributed by atoms with Gasteiger partial charge in [0.05, 0.1) is 19.0 Å². The molecule has 1 heterocycles. The Labute approximate surface area is 150 Å². The van der Waals surface area contributed by atoms with E-state index in [1.54, 1.807) is 16.4 Å². The molecule has 0 N–H and O–H groups in total. The van der Waals surface area contributed by atoms with Gasteiger partial charge in [0.15, 0.2) is 0 Å². The smallest absolute Gasteiger partial charge is 0.207 e. The maximum absolute atomic E-state index is 13.1. The SMILES string of the molecule is Cc1ccc(S(=O)(=O)N2[C@H]([Si](C)(C)C)[C@@H]2c2ccc(Cl)cc2)cc1. The predicted molar refractivity (Wildman–Crippen MR) is 102 cm³/mol. The molecule has 0 aromatic heterocycles. The largest absolute Gasteiger partial charge is 0.243 e. The van der Waals surface area contributed by atoms with E-state index in [1.807, 2.05) is 43.3 Å². The quantitative estimate of drug-likeness (QED) is 0.573. The first-order valence-electron chi connectivity index (χ1n) is 7.98. The van der Waals surface area contributed by atoms with Gasteiger partial charge in [0.2, 0.25) is 10.0 Å². The van der Waals surface area contributed by atoms with E-state index in [9.17, 15) is 8.42 Å². The second kappa shape index (κ2) is 5.99. The van der Waals surface area contributed by atoms with Crippen LogP contribution in [0.15, 0.2) is 53.4 Å². The van der Waals surface area contributed by atoms with Crippen molar-refractivity contribution in [3.8, 4) is 0 Å². The average Bonchev–Trinajstić information content (AvgIpc) is 3.25. The number of nitrogens with zero attached hydrogens (tertiary/aromatic N) is 1. The Kier molecular flexibility index (Phi) is 4.41. The third-order valence-electron chi connectivity index (χ3n) is 4.45. The van der Waals surface area contributed by atoms with Gasteiger partial charge >= 0.3 is 0 Å². The lowest BCUT2D eigenvalue weighted by atomic mass is 10.2. The van der Waals surface area contributed by atoms with Crippen molar-refractivity contribution in [3.05, 3.63) is 64.7 Å². The molecule has 128 valence electrons. The van der Waals surface area contributed by atoms with Gasteiger partial charge in [-0.05, 0) is 36.8 Å². The Morgan fingerprint density at radius 1 is 0.958 bits per heavy atom. The molecule has 3 nitrogen and oxygen atoms in total. The summed E-state index contributed by atoms with van der Waals surface area (Å²) in [4.78, 5) is 0.368. The molecule has 0 radical (unpaired) electrons. The predicted octanol–water partition coefficient (Wildman–Crippen LogP) is 4.64. The van der Waals surface area contributed by atoms with Gasteiger partial charge in [0, 0.05) is 10.7 Å². The van der Waals surface area contributed by atoms with Crippen LogP contribution >= 0.6 is 11.6 Å². The van der Waals surface area contributed by atoms with Crippen LogP contribution in [0.2, 0.25) is 24.7 Å². The highest BCUT2D eigenvalue weighted by Gasteiger charge is 2.61. The molecule has 2 aromatic carbocycles. The zero-order chi connectivity index (χ0) is 17.7. The second-order valence-corrected chi connectivity index (χ2v) is 15.1. The highest BCUT2D eigenvalue weighted by atomic mass is 35.5. The van der Waals surface area contributed by atoms with Crippen molar-refractivity contribution in [3.63, 3.8) is 0 Å². The third-order valence-corrected chi connectivity index (χ3v) is 9.14. The van der Waals surface area contributed by atoms with E-state index in [4.69, 9.17) is 11.6 Å². The summed E-state index contributed by atoms with van der Waals surface area (Å²) in [7, 11) is -5.17. The van der Waals surface area contributed by atoms with E-state index in [0.717, 1.165) is 11.1 Å². The number of hydrogen-bond donors (Lipinski definition) is 0. The summed E-state index contributed by atoms with van der Waals surface area (Å²) < 4.78 is 28.0. The summed E-state index contributed by atoms with van der Waals surface area (Å²) in [6.45, 7) is 8.59. The minimum Gasteiger partial charge on any atom is -0.207 e. The van der Waals surface area contributed by atoms with Gasteiger partial charge in [0.25, 0.3) is 0 Å². The van der Waals surface area contributed by atoms with Crippen LogP contribution in [0, 0.1) is 6.92 Å². The van der Waals surface area contributed by atoms with Crippen LogP contribution < -0.4 is 0 Å². The van der Waals surface area contributed by atoms with E-state index in [2.05, 4.69) is 19.6 Å². The van der Waals surface area contributed by atoms with E-state index >= 15 is 0 Å². The zero-order valence-electron chi connectivity index (χ0n) is 14.3. The lowest BCUT2D eigenvalue weighted by Crippen LogP contribution is -2.33. The monoisotopic (exact) mass is 379 g/mol. The second-order valence-electron chi connectivity index (χ2n) is 7.46. The maximum Gasteiger partial charge on any atom is 0.243 e. The molecule has 0 aliphatic carbocycles. The van der Waals surface area contributed by atoms with Crippen LogP contribution in [0.3, 0.4) is 0 Å². The molecule has 2 aromatic rings. The molecule has 0 amide bonds. The normalized spacial score (nSPS) is 24.0. The minimum absolute atomic E-state index is 0.0741. The fourth-order valence-corrected chi connectivity index (χ4v) is 8.54. The zero-order valence-corrected chi connectivity index (χ0v) is 16.9. The minimum atomic E-state index is -3.49. The lowest BCUT2D eigenvalue weighted by molar-refractivity contribution is 0.551. The first-order chi connectivity index (χ1) is 11.1. The van der Waals surface area contributed by atoms with Gasteiger partial charge in [-0.25, -0.2) is 8.42 Å². The molecular weight excluding hydrogens is 358 g/mol.